The second-order valence-corrected chi connectivity index (χ2v) is 5.93. The minimum absolute atomic E-state index is 0.384. The molecule has 3 heteroatoms. The van der Waals surface area contributed by atoms with Crippen molar-refractivity contribution in [2.24, 2.45) is 5.41 Å². The van der Waals surface area contributed by atoms with Crippen molar-refractivity contribution in [2.75, 3.05) is 11.5 Å². The summed E-state index contributed by atoms with van der Waals surface area (Å²) < 4.78 is 0. The molecule has 0 aliphatic carbocycles. The van der Waals surface area contributed by atoms with Crippen LogP contribution in [0.15, 0.2) is 29.4 Å². The molecule has 17 heavy (non-hydrogen) atoms. The van der Waals surface area contributed by atoms with Gasteiger partial charge in [0.25, 0.3) is 0 Å². The van der Waals surface area contributed by atoms with Gasteiger partial charge < -0.3 is 0 Å². The molecule has 1 nitrogen and oxygen atoms in total. The molecule has 0 spiro atoms. The predicted molar refractivity (Wildman–Crippen MR) is 81.1 cm³/mol. The molecule has 1 aromatic rings. The lowest BCUT2D eigenvalue weighted by molar-refractivity contribution is 0.318. The van der Waals surface area contributed by atoms with Crippen molar-refractivity contribution in [1.29, 1.82) is 0 Å². The third-order valence-electron chi connectivity index (χ3n) is 3.06. The van der Waals surface area contributed by atoms with E-state index in [-0.39, 0.29) is 0 Å². The topological polar surface area (TPSA) is 12.9 Å². The highest BCUT2D eigenvalue weighted by Crippen LogP contribution is 2.36. The molecule has 0 radical (unpaired) electrons. The zero-order chi connectivity index (χ0) is 12.6. The van der Waals surface area contributed by atoms with Crippen LogP contribution in [0, 0.1) is 5.41 Å². The lowest BCUT2D eigenvalue weighted by Crippen LogP contribution is -2.26. The number of hydrogen-bond acceptors (Lipinski definition) is 3. The van der Waals surface area contributed by atoms with Gasteiger partial charge in [-0.25, -0.2) is 4.98 Å². The Kier molecular flexibility index (Phi) is 7.05. The Labute approximate surface area is 115 Å². The lowest BCUT2D eigenvalue weighted by Gasteiger charge is -2.31. The summed E-state index contributed by atoms with van der Waals surface area (Å²) in [4.78, 5) is 4.37. The van der Waals surface area contributed by atoms with Crippen LogP contribution in [0.25, 0.3) is 0 Å². The Bertz CT molecular complexity index is 294. The minimum Gasteiger partial charge on any atom is -0.250 e. The van der Waals surface area contributed by atoms with Gasteiger partial charge in [0.1, 0.15) is 0 Å². The van der Waals surface area contributed by atoms with Crippen LogP contribution < -0.4 is 0 Å². The van der Waals surface area contributed by atoms with Crippen LogP contribution in [0.3, 0.4) is 0 Å². The molecule has 0 aliphatic rings. The van der Waals surface area contributed by atoms with Gasteiger partial charge in [-0.15, -0.1) is 11.8 Å². The van der Waals surface area contributed by atoms with Gasteiger partial charge in [0.15, 0.2) is 0 Å². The van der Waals surface area contributed by atoms with Crippen LogP contribution in [-0.2, 0) is 0 Å². The zero-order valence-electron chi connectivity index (χ0n) is 10.9. The molecule has 0 aliphatic heterocycles. The SMILES string of the molecule is CCCC(CS)(CCC)CSc1ccccn1. The lowest BCUT2D eigenvalue weighted by atomic mass is 9.83. The molecular weight excluding hydrogens is 246 g/mol. The molecule has 0 atom stereocenters. The first kappa shape index (κ1) is 14.9. The normalized spacial score (nSPS) is 11.7. The van der Waals surface area contributed by atoms with E-state index in [0.29, 0.717) is 5.41 Å². The first-order chi connectivity index (χ1) is 8.26. The summed E-state index contributed by atoms with van der Waals surface area (Å²) in [6.07, 6.45) is 6.88. The second kappa shape index (κ2) is 8.04. The van der Waals surface area contributed by atoms with Gasteiger partial charge in [0, 0.05) is 11.9 Å². The van der Waals surface area contributed by atoms with E-state index in [9.17, 15) is 0 Å². The number of aromatic nitrogens is 1. The quantitative estimate of drug-likeness (QED) is 0.543. The summed E-state index contributed by atoms with van der Waals surface area (Å²) in [5.74, 6) is 2.11. The first-order valence-corrected chi connectivity index (χ1v) is 8.03. The van der Waals surface area contributed by atoms with Gasteiger partial charge in [0.05, 0.1) is 5.03 Å². The number of rotatable bonds is 8. The average Bonchev–Trinajstić information content (AvgIpc) is 2.38. The van der Waals surface area contributed by atoms with Crippen molar-refractivity contribution >= 4 is 24.4 Å². The van der Waals surface area contributed by atoms with Crippen LogP contribution in [0.1, 0.15) is 39.5 Å². The van der Waals surface area contributed by atoms with Gasteiger partial charge in [-0.1, -0.05) is 32.8 Å². The highest BCUT2D eigenvalue weighted by atomic mass is 32.2. The predicted octanol–water partition coefficient (Wildman–Crippen LogP) is 4.69. The number of thiol groups is 1. The molecule has 0 saturated heterocycles. The summed E-state index contributed by atoms with van der Waals surface area (Å²) in [6, 6.07) is 6.11. The van der Waals surface area contributed by atoms with E-state index < -0.39 is 0 Å². The zero-order valence-corrected chi connectivity index (χ0v) is 12.6. The van der Waals surface area contributed by atoms with Crippen LogP contribution in [0.5, 0.6) is 0 Å². The maximum absolute atomic E-state index is 4.58. The van der Waals surface area contributed by atoms with Crippen molar-refractivity contribution in [2.45, 2.75) is 44.6 Å². The molecule has 0 aromatic carbocycles. The average molecular weight is 269 g/mol. The van der Waals surface area contributed by atoms with Crippen LogP contribution in [0.4, 0.5) is 0 Å². The molecule has 1 heterocycles. The Balaban J connectivity index is 2.59. The molecule has 0 amide bonds. The van der Waals surface area contributed by atoms with Gasteiger partial charge in [0.2, 0.25) is 0 Å². The van der Waals surface area contributed by atoms with Gasteiger partial charge in [-0.3, -0.25) is 0 Å². The Morgan fingerprint density at radius 2 is 1.94 bits per heavy atom. The number of pyridine rings is 1. The standard InChI is InChI=1S/C14H23NS2/c1-3-8-14(11-16,9-4-2)12-17-13-7-5-6-10-15-13/h5-7,10,16H,3-4,8-9,11-12H2,1-2H3. The number of thioether (sulfide) groups is 1. The second-order valence-electron chi connectivity index (χ2n) is 4.61. The maximum atomic E-state index is 4.58. The molecule has 0 unspecified atom stereocenters. The fourth-order valence-electron chi connectivity index (χ4n) is 2.19. The van der Waals surface area contributed by atoms with Crippen molar-refractivity contribution in [1.82, 2.24) is 4.98 Å². The molecule has 96 valence electrons. The fourth-order valence-corrected chi connectivity index (χ4v) is 3.93. The maximum Gasteiger partial charge on any atom is 0.0959 e. The van der Waals surface area contributed by atoms with Crippen LogP contribution in [-0.4, -0.2) is 16.5 Å². The Morgan fingerprint density at radius 3 is 2.41 bits per heavy atom. The third kappa shape index (κ3) is 4.92. The molecular formula is C14H23NS2. The fraction of sp³-hybridized carbons (Fsp3) is 0.643. The highest BCUT2D eigenvalue weighted by Gasteiger charge is 2.26. The summed E-state index contributed by atoms with van der Waals surface area (Å²) in [5, 5.41) is 1.13. The van der Waals surface area contributed by atoms with E-state index in [0.717, 1.165) is 16.5 Å². The summed E-state index contributed by atoms with van der Waals surface area (Å²) in [6.45, 7) is 4.53. The van der Waals surface area contributed by atoms with Crippen molar-refractivity contribution in [3.05, 3.63) is 24.4 Å². The molecule has 0 saturated carbocycles. The van der Waals surface area contributed by atoms with E-state index in [1.807, 2.05) is 24.0 Å². The largest absolute Gasteiger partial charge is 0.250 e. The molecule has 0 fully saturated rings. The van der Waals surface area contributed by atoms with Crippen LogP contribution in [0.2, 0.25) is 0 Å². The van der Waals surface area contributed by atoms with E-state index in [2.05, 4.69) is 43.6 Å². The third-order valence-corrected chi connectivity index (χ3v) is 5.02. The van der Waals surface area contributed by atoms with E-state index >= 15 is 0 Å². The smallest absolute Gasteiger partial charge is 0.0959 e. The summed E-state index contributed by atoms with van der Waals surface area (Å²) in [7, 11) is 0. The highest BCUT2D eigenvalue weighted by molar-refractivity contribution is 7.99. The molecule has 0 N–H and O–H groups in total. The minimum atomic E-state index is 0.384. The molecule has 1 rings (SSSR count). The van der Waals surface area contributed by atoms with E-state index in [1.165, 1.54) is 25.7 Å². The summed E-state index contributed by atoms with van der Waals surface area (Å²) >= 11 is 6.45. The van der Waals surface area contributed by atoms with Crippen molar-refractivity contribution in [3.63, 3.8) is 0 Å². The van der Waals surface area contributed by atoms with Gasteiger partial charge in [-0.2, -0.15) is 12.6 Å². The van der Waals surface area contributed by atoms with E-state index in [1.54, 1.807) is 0 Å². The number of hydrogen-bond donors (Lipinski definition) is 1. The first-order valence-electron chi connectivity index (χ1n) is 6.41. The number of nitrogens with zero attached hydrogens (tertiary/aromatic N) is 1. The van der Waals surface area contributed by atoms with E-state index in [4.69, 9.17) is 0 Å². The van der Waals surface area contributed by atoms with Crippen molar-refractivity contribution in [3.8, 4) is 0 Å². The molecule has 0 bridgehead atoms. The Hall–Kier alpha value is -0.150. The van der Waals surface area contributed by atoms with Crippen LogP contribution >= 0.6 is 24.4 Å². The monoisotopic (exact) mass is 269 g/mol. The summed E-state index contributed by atoms with van der Waals surface area (Å²) in [5.41, 5.74) is 0.384. The molecule has 1 aromatic heterocycles. The van der Waals surface area contributed by atoms with Gasteiger partial charge in [-0.05, 0) is 36.1 Å². The van der Waals surface area contributed by atoms with Gasteiger partial charge >= 0.3 is 0 Å². The van der Waals surface area contributed by atoms with Crippen molar-refractivity contribution < 1.29 is 0 Å². The Morgan fingerprint density at radius 1 is 1.24 bits per heavy atom.